The van der Waals surface area contributed by atoms with Crippen molar-refractivity contribution in [2.75, 3.05) is 33.4 Å². The number of benzene rings is 1. The van der Waals surface area contributed by atoms with Crippen molar-refractivity contribution in [3.05, 3.63) is 18.2 Å². The number of aromatic nitrogens is 2. The quantitative estimate of drug-likeness (QED) is 0.744. The average Bonchev–Trinajstić information content (AvgIpc) is 3.09. The molecular formula is C15H18N2O5S. The summed E-state index contributed by atoms with van der Waals surface area (Å²) in [7, 11) is 3.18. The Morgan fingerprint density at radius 1 is 1.22 bits per heavy atom. The monoisotopic (exact) mass is 338 g/mol. The molecule has 1 fully saturated rings. The van der Waals surface area contributed by atoms with E-state index in [9.17, 15) is 0 Å². The van der Waals surface area contributed by atoms with Gasteiger partial charge < -0.3 is 23.4 Å². The Morgan fingerprint density at radius 3 is 2.83 bits per heavy atom. The summed E-state index contributed by atoms with van der Waals surface area (Å²) in [5, 5.41) is 8.66. The normalized spacial score (nSPS) is 17.9. The van der Waals surface area contributed by atoms with E-state index >= 15 is 0 Å². The fourth-order valence-electron chi connectivity index (χ4n) is 2.15. The van der Waals surface area contributed by atoms with Crippen molar-refractivity contribution >= 4 is 11.8 Å². The highest BCUT2D eigenvalue weighted by atomic mass is 32.2. The minimum atomic E-state index is 0.158. The molecule has 2 aromatic rings. The number of rotatable bonds is 6. The van der Waals surface area contributed by atoms with E-state index < -0.39 is 0 Å². The van der Waals surface area contributed by atoms with Crippen LogP contribution in [0.2, 0.25) is 0 Å². The van der Waals surface area contributed by atoms with Gasteiger partial charge in [-0.1, -0.05) is 11.8 Å². The predicted molar refractivity (Wildman–Crippen MR) is 83.9 cm³/mol. The SMILES string of the molecule is COc1ccc(-c2nnc(SC[C@H]3CCOCO3)o2)cc1OC. The summed E-state index contributed by atoms with van der Waals surface area (Å²) in [6.07, 6.45) is 1.04. The number of hydrogen-bond donors (Lipinski definition) is 0. The van der Waals surface area contributed by atoms with Crippen molar-refractivity contribution in [1.29, 1.82) is 0 Å². The molecule has 3 rings (SSSR count). The number of ether oxygens (including phenoxy) is 4. The van der Waals surface area contributed by atoms with Crippen LogP contribution in [-0.2, 0) is 9.47 Å². The van der Waals surface area contributed by atoms with E-state index in [4.69, 9.17) is 23.4 Å². The van der Waals surface area contributed by atoms with Crippen LogP contribution >= 0.6 is 11.8 Å². The Morgan fingerprint density at radius 2 is 2.09 bits per heavy atom. The lowest BCUT2D eigenvalue weighted by Crippen LogP contribution is -2.25. The van der Waals surface area contributed by atoms with Crippen LogP contribution in [0.4, 0.5) is 0 Å². The zero-order valence-corrected chi connectivity index (χ0v) is 13.8. The molecular weight excluding hydrogens is 320 g/mol. The Labute approximate surface area is 138 Å². The van der Waals surface area contributed by atoms with Gasteiger partial charge in [0.2, 0.25) is 5.89 Å². The van der Waals surface area contributed by atoms with E-state index in [1.807, 2.05) is 12.1 Å². The standard InChI is InChI=1S/C15H18N2O5S/c1-18-12-4-3-10(7-13(12)19-2)14-16-17-15(22-14)23-8-11-5-6-20-9-21-11/h3-4,7,11H,5-6,8-9H2,1-2H3/t11-/m1/s1. The van der Waals surface area contributed by atoms with Crippen LogP contribution in [0.5, 0.6) is 11.5 Å². The molecule has 1 aromatic heterocycles. The van der Waals surface area contributed by atoms with E-state index in [2.05, 4.69) is 10.2 Å². The maximum absolute atomic E-state index is 5.69. The first kappa shape index (κ1) is 16.1. The molecule has 1 aliphatic rings. The molecule has 0 spiro atoms. The molecule has 1 atom stereocenters. The van der Waals surface area contributed by atoms with Crippen molar-refractivity contribution in [3.63, 3.8) is 0 Å². The first-order valence-corrected chi connectivity index (χ1v) is 8.16. The second kappa shape index (κ2) is 7.67. The van der Waals surface area contributed by atoms with Gasteiger partial charge in [-0.25, -0.2) is 0 Å². The molecule has 0 bridgehead atoms. The van der Waals surface area contributed by atoms with Crippen molar-refractivity contribution in [3.8, 4) is 23.0 Å². The summed E-state index contributed by atoms with van der Waals surface area (Å²) in [5.74, 6) is 2.48. The molecule has 0 N–H and O–H groups in total. The van der Waals surface area contributed by atoms with Crippen LogP contribution in [0.25, 0.3) is 11.5 Å². The van der Waals surface area contributed by atoms with Gasteiger partial charge in [0.15, 0.2) is 11.5 Å². The van der Waals surface area contributed by atoms with Crippen molar-refractivity contribution in [1.82, 2.24) is 10.2 Å². The topological polar surface area (TPSA) is 75.8 Å². The third-order valence-corrected chi connectivity index (χ3v) is 4.35. The van der Waals surface area contributed by atoms with Crippen LogP contribution < -0.4 is 9.47 Å². The Balaban J connectivity index is 1.66. The first-order valence-electron chi connectivity index (χ1n) is 7.18. The van der Waals surface area contributed by atoms with Crippen LogP contribution in [0.1, 0.15) is 6.42 Å². The summed E-state index contributed by atoms with van der Waals surface area (Å²) in [5.41, 5.74) is 0.782. The minimum Gasteiger partial charge on any atom is -0.493 e. The molecule has 0 unspecified atom stereocenters. The highest BCUT2D eigenvalue weighted by Gasteiger charge is 2.17. The van der Waals surface area contributed by atoms with Gasteiger partial charge in [-0.3, -0.25) is 0 Å². The maximum atomic E-state index is 5.69. The van der Waals surface area contributed by atoms with Gasteiger partial charge in [0.25, 0.3) is 5.22 Å². The van der Waals surface area contributed by atoms with Crippen LogP contribution in [0, 0.1) is 0 Å². The molecule has 1 aliphatic heterocycles. The summed E-state index contributed by atoms with van der Waals surface area (Å²) in [6.45, 7) is 1.08. The highest BCUT2D eigenvalue weighted by Crippen LogP contribution is 2.32. The highest BCUT2D eigenvalue weighted by molar-refractivity contribution is 7.99. The predicted octanol–water partition coefficient (Wildman–Crippen LogP) is 2.61. The number of thioether (sulfide) groups is 1. The van der Waals surface area contributed by atoms with Crippen LogP contribution in [0.3, 0.4) is 0 Å². The molecule has 124 valence electrons. The lowest BCUT2D eigenvalue weighted by molar-refractivity contribution is -0.130. The van der Waals surface area contributed by atoms with Gasteiger partial charge in [0.05, 0.1) is 26.9 Å². The first-order chi connectivity index (χ1) is 11.3. The molecule has 1 aromatic carbocycles. The zero-order chi connectivity index (χ0) is 16.1. The molecule has 0 saturated carbocycles. The third kappa shape index (κ3) is 3.95. The van der Waals surface area contributed by atoms with Crippen LogP contribution in [0.15, 0.2) is 27.8 Å². The van der Waals surface area contributed by atoms with E-state index in [0.29, 0.717) is 29.4 Å². The van der Waals surface area contributed by atoms with Gasteiger partial charge in [-0.05, 0) is 24.6 Å². The lowest BCUT2D eigenvalue weighted by Gasteiger charge is -2.21. The third-order valence-electron chi connectivity index (χ3n) is 3.40. The Bertz CT molecular complexity index is 643. The van der Waals surface area contributed by atoms with Crippen molar-refractivity contribution in [2.24, 2.45) is 0 Å². The van der Waals surface area contributed by atoms with Gasteiger partial charge in [0, 0.05) is 11.3 Å². The molecule has 0 radical (unpaired) electrons. The molecule has 1 saturated heterocycles. The Kier molecular flexibility index (Phi) is 5.37. The molecule has 7 nitrogen and oxygen atoms in total. The van der Waals surface area contributed by atoms with Gasteiger partial charge >= 0.3 is 0 Å². The smallest absolute Gasteiger partial charge is 0.276 e. The summed E-state index contributed by atoms with van der Waals surface area (Å²) < 4.78 is 26.8. The van der Waals surface area contributed by atoms with E-state index in [-0.39, 0.29) is 6.10 Å². The summed E-state index contributed by atoms with van der Waals surface area (Å²) in [4.78, 5) is 0. The molecule has 23 heavy (non-hydrogen) atoms. The number of hydrogen-bond acceptors (Lipinski definition) is 8. The summed E-state index contributed by atoms with van der Waals surface area (Å²) in [6, 6.07) is 5.47. The molecule has 2 heterocycles. The van der Waals surface area contributed by atoms with Gasteiger partial charge in [-0.15, -0.1) is 10.2 Å². The van der Waals surface area contributed by atoms with Gasteiger partial charge in [0.1, 0.15) is 6.79 Å². The minimum absolute atomic E-state index is 0.158. The van der Waals surface area contributed by atoms with Crippen molar-refractivity contribution < 1.29 is 23.4 Å². The van der Waals surface area contributed by atoms with E-state index in [0.717, 1.165) is 24.3 Å². The number of methoxy groups -OCH3 is 2. The van der Waals surface area contributed by atoms with Gasteiger partial charge in [-0.2, -0.15) is 0 Å². The molecule has 0 amide bonds. The maximum Gasteiger partial charge on any atom is 0.276 e. The second-order valence-corrected chi connectivity index (χ2v) is 5.83. The molecule has 0 aliphatic carbocycles. The van der Waals surface area contributed by atoms with Crippen LogP contribution in [-0.4, -0.2) is 49.7 Å². The zero-order valence-electron chi connectivity index (χ0n) is 13.0. The van der Waals surface area contributed by atoms with Crippen molar-refractivity contribution in [2.45, 2.75) is 17.7 Å². The van der Waals surface area contributed by atoms with E-state index in [1.165, 1.54) is 11.8 Å². The number of nitrogens with zero attached hydrogens (tertiary/aromatic N) is 2. The van der Waals surface area contributed by atoms with E-state index in [1.54, 1.807) is 20.3 Å². The Hall–Kier alpha value is -1.77. The molecule has 8 heteroatoms. The largest absolute Gasteiger partial charge is 0.493 e. The summed E-state index contributed by atoms with van der Waals surface area (Å²) >= 11 is 1.48. The second-order valence-electron chi connectivity index (χ2n) is 4.86. The average molecular weight is 338 g/mol. The fraction of sp³-hybridized carbons (Fsp3) is 0.467. The lowest BCUT2D eigenvalue weighted by atomic mass is 10.2. The fourth-order valence-corrected chi connectivity index (χ4v) is 2.98.